The van der Waals surface area contributed by atoms with Crippen LogP contribution in [0.25, 0.3) is 0 Å². The number of anilines is 1. The van der Waals surface area contributed by atoms with Crippen molar-refractivity contribution in [1.82, 2.24) is 25.0 Å². The summed E-state index contributed by atoms with van der Waals surface area (Å²) in [7, 11) is 1.85. The van der Waals surface area contributed by atoms with Crippen LogP contribution in [0.15, 0.2) is 53.7 Å². The molecule has 37 heavy (non-hydrogen) atoms. The molecule has 0 bridgehead atoms. The Kier molecular flexibility index (Phi) is 9.00. The second-order valence-electron chi connectivity index (χ2n) is 9.22. The molecule has 11 heteroatoms. The Labute approximate surface area is 231 Å². The van der Waals surface area contributed by atoms with Crippen LogP contribution in [0.4, 0.5) is 5.69 Å². The number of nitrogens with zero attached hydrogens (tertiary/aromatic N) is 5. The first-order valence-electron chi connectivity index (χ1n) is 12.1. The van der Waals surface area contributed by atoms with Crippen molar-refractivity contribution in [2.24, 2.45) is 13.0 Å². The van der Waals surface area contributed by atoms with Crippen LogP contribution in [-0.2, 0) is 11.8 Å². The fraction of sp³-hybridized carbons (Fsp3) is 0.385. The first-order chi connectivity index (χ1) is 17.7. The number of hydrogen-bond acceptors (Lipinski definition) is 6. The number of hydrogen-bond donors (Lipinski definition) is 1. The van der Waals surface area contributed by atoms with Crippen LogP contribution in [0.2, 0.25) is 10.0 Å². The van der Waals surface area contributed by atoms with E-state index < -0.39 is 0 Å². The number of piperazine rings is 1. The molecule has 0 aliphatic carbocycles. The number of carbonyl (C=O) groups is 2. The van der Waals surface area contributed by atoms with Gasteiger partial charge in [0.2, 0.25) is 5.91 Å². The summed E-state index contributed by atoms with van der Waals surface area (Å²) in [5.74, 6) is 0.749. The Balaban J connectivity index is 1.35. The van der Waals surface area contributed by atoms with Gasteiger partial charge >= 0.3 is 0 Å². The number of thioether (sulfide) groups is 1. The van der Waals surface area contributed by atoms with Gasteiger partial charge in [-0.05, 0) is 36.2 Å². The minimum Gasteiger partial charge on any atom is -0.368 e. The van der Waals surface area contributed by atoms with Gasteiger partial charge in [-0.3, -0.25) is 9.59 Å². The molecule has 2 aromatic carbocycles. The zero-order valence-electron chi connectivity index (χ0n) is 21.0. The lowest BCUT2D eigenvalue weighted by atomic mass is 10.0. The highest BCUT2D eigenvalue weighted by Gasteiger charge is 2.27. The average Bonchev–Trinajstić information content (AvgIpc) is 3.27. The molecule has 1 aliphatic heterocycles. The summed E-state index contributed by atoms with van der Waals surface area (Å²) in [6.45, 7) is 7.00. The predicted molar refractivity (Wildman–Crippen MR) is 148 cm³/mol. The van der Waals surface area contributed by atoms with Crippen molar-refractivity contribution in [3.8, 4) is 0 Å². The van der Waals surface area contributed by atoms with Gasteiger partial charge in [0.25, 0.3) is 5.91 Å². The molecule has 0 saturated carbocycles. The lowest BCUT2D eigenvalue weighted by Gasteiger charge is -2.36. The van der Waals surface area contributed by atoms with Gasteiger partial charge in [0.05, 0.1) is 21.8 Å². The van der Waals surface area contributed by atoms with Crippen molar-refractivity contribution in [2.75, 3.05) is 36.8 Å². The van der Waals surface area contributed by atoms with Crippen molar-refractivity contribution < 1.29 is 9.59 Å². The van der Waals surface area contributed by atoms with E-state index in [9.17, 15) is 9.59 Å². The number of aromatic nitrogens is 3. The Morgan fingerprint density at radius 2 is 1.70 bits per heavy atom. The van der Waals surface area contributed by atoms with Crippen molar-refractivity contribution in [1.29, 1.82) is 0 Å². The second kappa shape index (κ2) is 12.2. The molecule has 8 nitrogen and oxygen atoms in total. The third-order valence-corrected chi connectivity index (χ3v) is 8.10. The van der Waals surface area contributed by atoms with E-state index in [0.29, 0.717) is 39.7 Å². The topological polar surface area (TPSA) is 83.4 Å². The summed E-state index contributed by atoms with van der Waals surface area (Å²) in [4.78, 5) is 30.0. The zero-order valence-corrected chi connectivity index (χ0v) is 23.4. The molecule has 1 saturated heterocycles. The maximum Gasteiger partial charge on any atom is 0.251 e. The Morgan fingerprint density at radius 3 is 2.35 bits per heavy atom. The van der Waals surface area contributed by atoms with Gasteiger partial charge < -0.3 is 19.7 Å². The summed E-state index contributed by atoms with van der Waals surface area (Å²) in [5.41, 5.74) is 1.59. The SMILES string of the molecule is CC(C)[C@@H](NC(=O)c1ccc(Cl)c(Cl)c1)c1nnc(SCC(=O)N2CCN(c3ccccc3)CC2)n1C. The van der Waals surface area contributed by atoms with Gasteiger partial charge in [-0.15, -0.1) is 10.2 Å². The van der Waals surface area contributed by atoms with E-state index in [-0.39, 0.29) is 29.5 Å². The molecule has 1 aliphatic rings. The highest BCUT2D eigenvalue weighted by atomic mass is 35.5. The molecular formula is C26H30Cl2N6O2S. The van der Waals surface area contributed by atoms with Crippen LogP contribution < -0.4 is 10.2 Å². The first kappa shape index (κ1) is 27.3. The van der Waals surface area contributed by atoms with E-state index in [1.807, 2.05) is 48.6 Å². The van der Waals surface area contributed by atoms with Gasteiger partial charge in [-0.2, -0.15) is 0 Å². The van der Waals surface area contributed by atoms with Crippen LogP contribution >= 0.6 is 35.0 Å². The van der Waals surface area contributed by atoms with Crippen LogP contribution in [-0.4, -0.2) is 63.4 Å². The standard InChI is InChI=1S/C26H30Cl2N6O2S/c1-17(2)23(29-25(36)18-9-10-20(27)21(28)15-18)24-30-31-26(32(24)3)37-16-22(35)34-13-11-33(12-14-34)19-7-5-4-6-8-19/h4-10,15,17,23H,11-14,16H2,1-3H3,(H,29,36)/t23-/m1/s1. The van der Waals surface area contributed by atoms with Crippen molar-refractivity contribution in [3.05, 3.63) is 70.0 Å². The molecule has 0 spiro atoms. The highest BCUT2D eigenvalue weighted by molar-refractivity contribution is 7.99. The van der Waals surface area contributed by atoms with E-state index in [1.165, 1.54) is 17.4 Å². The molecule has 3 aromatic rings. The molecule has 0 unspecified atom stereocenters. The molecule has 1 atom stereocenters. The summed E-state index contributed by atoms with van der Waals surface area (Å²) >= 11 is 13.4. The molecule has 1 N–H and O–H groups in total. The maximum atomic E-state index is 12.9. The Bertz CT molecular complexity index is 1250. The maximum absolute atomic E-state index is 12.9. The van der Waals surface area contributed by atoms with Crippen molar-refractivity contribution in [3.63, 3.8) is 0 Å². The van der Waals surface area contributed by atoms with Crippen LogP contribution in [0.3, 0.4) is 0 Å². The normalized spacial score (nSPS) is 14.6. The van der Waals surface area contributed by atoms with Crippen molar-refractivity contribution in [2.45, 2.75) is 25.0 Å². The summed E-state index contributed by atoms with van der Waals surface area (Å²) in [6, 6.07) is 14.6. The molecule has 0 radical (unpaired) electrons. The summed E-state index contributed by atoms with van der Waals surface area (Å²) < 4.78 is 1.84. The molecule has 2 amide bonds. The summed E-state index contributed by atoms with van der Waals surface area (Å²) in [6.07, 6.45) is 0. The first-order valence-corrected chi connectivity index (χ1v) is 13.8. The third kappa shape index (κ3) is 6.58. The number of para-hydroxylation sites is 1. The number of halogens is 2. The van der Waals surface area contributed by atoms with Gasteiger partial charge in [-0.1, -0.05) is 67.0 Å². The predicted octanol–water partition coefficient (Wildman–Crippen LogP) is 4.69. The molecule has 2 heterocycles. The fourth-order valence-corrected chi connectivity index (χ4v) is 5.30. The van der Waals surface area contributed by atoms with E-state index in [2.05, 4.69) is 32.5 Å². The Hall–Kier alpha value is -2.75. The molecule has 4 rings (SSSR count). The highest BCUT2D eigenvalue weighted by Crippen LogP contribution is 2.26. The summed E-state index contributed by atoms with van der Waals surface area (Å²) in [5, 5.41) is 13.0. The van der Waals surface area contributed by atoms with Crippen LogP contribution in [0.1, 0.15) is 36.1 Å². The quantitative estimate of drug-likeness (QED) is 0.402. The second-order valence-corrected chi connectivity index (χ2v) is 11.0. The fourth-order valence-electron chi connectivity index (χ4n) is 4.18. The average molecular weight is 562 g/mol. The van der Waals surface area contributed by atoms with Gasteiger partial charge in [0, 0.05) is 44.5 Å². The van der Waals surface area contributed by atoms with Gasteiger partial charge in [0.1, 0.15) is 0 Å². The number of amides is 2. The number of carbonyl (C=O) groups excluding carboxylic acids is 2. The molecule has 1 fully saturated rings. The Morgan fingerprint density at radius 1 is 1.00 bits per heavy atom. The molecule has 196 valence electrons. The van der Waals surface area contributed by atoms with Crippen LogP contribution in [0.5, 0.6) is 0 Å². The van der Waals surface area contributed by atoms with Gasteiger partial charge in [-0.25, -0.2) is 0 Å². The number of nitrogens with one attached hydrogen (secondary N) is 1. The smallest absolute Gasteiger partial charge is 0.251 e. The number of rotatable bonds is 8. The monoisotopic (exact) mass is 560 g/mol. The number of benzene rings is 2. The minimum atomic E-state index is -0.379. The van der Waals surface area contributed by atoms with E-state index >= 15 is 0 Å². The minimum absolute atomic E-state index is 0.0509. The largest absolute Gasteiger partial charge is 0.368 e. The van der Waals surface area contributed by atoms with E-state index in [1.54, 1.807) is 18.2 Å². The van der Waals surface area contributed by atoms with Crippen molar-refractivity contribution >= 4 is 52.5 Å². The zero-order chi connectivity index (χ0) is 26.5. The third-order valence-electron chi connectivity index (χ3n) is 6.36. The molecule has 1 aromatic heterocycles. The van der Waals surface area contributed by atoms with Gasteiger partial charge in [0.15, 0.2) is 11.0 Å². The lowest BCUT2D eigenvalue weighted by molar-refractivity contribution is -0.128. The molecular weight excluding hydrogens is 531 g/mol. The lowest BCUT2D eigenvalue weighted by Crippen LogP contribution is -2.49. The van der Waals surface area contributed by atoms with E-state index in [4.69, 9.17) is 23.2 Å². The van der Waals surface area contributed by atoms with E-state index in [0.717, 1.165) is 13.1 Å². The van der Waals surface area contributed by atoms with Crippen LogP contribution in [0, 0.1) is 5.92 Å².